The molecule has 1 aliphatic heterocycles. The maximum Gasteiger partial charge on any atom is 0.272 e. The Labute approximate surface area is 205 Å². The van der Waals surface area contributed by atoms with Crippen LogP contribution in [-0.4, -0.2) is 29.3 Å². The van der Waals surface area contributed by atoms with Gasteiger partial charge in [0.1, 0.15) is 18.1 Å². The highest BCUT2D eigenvalue weighted by Crippen LogP contribution is 2.47. The Bertz CT molecular complexity index is 1370. The standard InChI is InChI=1S/C25H24FN3O3S2/c1-25(2,3)13-27-24(30)22-17-11-32-19-10-18(31-4)15(20-5-6-21(26)34-20)9-16(19)23(17)29(28-22)14-7-8-33-12-14/h5-10,12H,11,13H2,1-4H3,(H,27,30). The predicted octanol–water partition coefficient (Wildman–Crippen LogP) is 6.15. The zero-order chi connectivity index (χ0) is 24.0. The van der Waals surface area contributed by atoms with Crippen molar-refractivity contribution in [2.75, 3.05) is 13.7 Å². The number of benzene rings is 1. The van der Waals surface area contributed by atoms with E-state index in [0.29, 0.717) is 23.7 Å². The molecule has 0 fully saturated rings. The number of rotatable bonds is 5. The van der Waals surface area contributed by atoms with Crippen LogP contribution in [0.15, 0.2) is 41.1 Å². The third kappa shape index (κ3) is 4.10. The van der Waals surface area contributed by atoms with E-state index in [1.807, 2.05) is 29.0 Å². The minimum Gasteiger partial charge on any atom is -0.496 e. The number of aromatic nitrogens is 2. The van der Waals surface area contributed by atoms with Gasteiger partial charge in [-0.3, -0.25) is 4.79 Å². The molecule has 0 unspecified atom stereocenters. The first-order valence-corrected chi connectivity index (χ1v) is 12.5. The normalized spacial score (nSPS) is 12.6. The van der Waals surface area contributed by atoms with Crippen molar-refractivity contribution in [3.8, 4) is 38.9 Å². The smallest absolute Gasteiger partial charge is 0.272 e. The highest BCUT2D eigenvalue weighted by molar-refractivity contribution is 7.13. The molecule has 1 amide bonds. The van der Waals surface area contributed by atoms with Crippen LogP contribution in [-0.2, 0) is 6.61 Å². The largest absolute Gasteiger partial charge is 0.496 e. The number of nitrogens with one attached hydrogen (secondary N) is 1. The van der Waals surface area contributed by atoms with Gasteiger partial charge in [-0.15, -0.1) is 11.3 Å². The van der Waals surface area contributed by atoms with Crippen molar-refractivity contribution >= 4 is 28.6 Å². The first kappa shape index (κ1) is 22.6. The Morgan fingerprint density at radius 1 is 1.26 bits per heavy atom. The summed E-state index contributed by atoms with van der Waals surface area (Å²) in [6.45, 7) is 6.92. The van der Waals surface area contributed by atoms with Crippen molar-refractivity contribution < 1.29 is 18.7 Å². The lowest BCUT2D eigenvalue weighted by molar-refractivity contribution is 0.0931. The Morgan fingerprint density at radius 3 is 2.74 bits per heavy atom. The lowest BCUT2D eigenvalue weighted by Crippen LogP contribution is -2.33. The molecule has 0 spiro atoms. The Hall–Kier alpha value is -3.17. The molecule has 9 heteroatoms. The zero-order valence-electron chi connectivity index (χ0n) is 19.3. The first-order chi connectivity index (χ1) is 16.2. The lowest BCUT2D eigenvalue weighted by atomic mass is 9.96. The third-order valence-corrected chi connectivity index (χ3v) is 7.07. The number of halogens is 1. The van der Waals surface area contributed by atoms with Crippen molar-refractivity contribution in [2.45, 2.75) is 27.4 Å². The van der Waals surface area contributed by atoms with E-state index in [2.05, 4.69) is 26.1 Å². The zero-order valence-corrected chi connectivity index (χ0v) is 20.9. The van der Waals surface area contributed by atoms with E-state index in [-0.39, 0.29) is 23.1 Å². The minimum atomic E-state index is -0.271. The molecule has 176 valence electrons. The molecule has 4 heterocycles. The lowest BCUT2D eigenvalue weighted by Gasteiger charge is -2.22. The fraction of sp³-hybridized carbons (Fsp3) is 0.280. The average molecular weight is 498 g/mol. The van der Waals surface area contributed by atoms with Crippen molar-refractivity contribution in [3.05, 3.63) is 57.5 Å². The van der Waals surface area contributed by atoms with Crippen LogP contribution in [0, 0.1) is 10.5 Å². The van der Waals surface area contributed by atoms with Crippen LogP contribution in [0.3, 0.4) is 0 Å². The van der Waals surface area contributed by atoms with Gasteiger partial charge in [-0.05, 0) is 35.1 Å². The van der Waals surface area contributed by atoms with Crippen LogP contribution >= 0.6 is 22.7 Å². The molecule has 6 nitrogen and oxygen atoms in total. The fourth-order valence-corrected chi connectivity index (χ4v) is 5.24. The maximum atomic E-state index is 13.8. The number of methoxy groups -OCH3 is 1. The van der Waals surface area contributed by atoms with E-state index in [1.165, 1.54) is 6.07 Å². The van der Waals surface area contributed by atoms with Gasteiger partial charge in [-0.1, -0.05) is 20.8 Å². The third-order valence-electron chi connectivity index (χ3n) is 5.50. The van der Waals surface area contributed by atoms with Crippen LogP contribution in [0.4, 0.5) is 4.39 Å². The Kier molecular flexibility index (Phi) is 5.69. The molecule has 3 aromatic heterocycles. The van der Waals surface area contributed by atoms with E-state index < -0.39 is 0 Å². The monoisotopic (exact) mass is 497 g/mol. The maximum absolute atomic E-state index is 13.8. The minimum absolute atomic E-state index is 0.0593. The molecular formula is C25H24FN3O3S2. The second-order valence-corrected chi connectivity index (χ2v) is 11.1. The number of thiophene rings is 2. The van der Waals surface area contributed by atoms with Crippen LogP contribution in [0.25, 0.3) is 27.4 Å². The molecule has 0 saturated heterocycles. The van der Waals surface area contributed by atoms with Gasteiger partial charge in [0.15, 0.2) is 10.8 Å². The van der Waals surface area contributed by atoms with Crippen molar-refractivity contribution in [3.63, 3.8) is 0 Å². The Morgan fingerprint density at radius 2 is 2.09 bits per heavy atom. The number of amides is 1. The summed E-state index contributed by atoms with van der Waals surface area (Å²) >= 11 is 2.60. The molecule has 5 rings (SSSR count). The summed E-state index contributed by atoms with van der Waals surface area (Å²) in [7, 11) is 1.58. The summed E-state index contributed by atoms with van der Waals surface area (Å²) in [4.78, 5) is 13.9. The van der Waals surface area contributed by atoms with Crippen molar-refractivity contribution in [1.29, 1.82) is 0 Å². The van der Waals surface area contributed by atoms with Gasteiger partial charge in [-0.25, -0.2) is 4.68 Å². The van der Waals surface area contributed by atoms with Crippen LogP contribution < -0.4 is 14.8 Å². The van der Waals surface area contributed by atoms with E-state index in [9.17, 15) is 9.18 Å². The van der Waals surface area contributed by atoms with Gasteiger partial charge in [0.25, 0.3) is 5.91 Å². The molecule has 0 atom stereocenters. The molecule has 1 aromatic carbocycles. The molecular weight excluding hydrogens is 473 g/mol. The van der Waals surface area contributed by atoms with E-state index in [1.54, 1.807) is 29.2 Å². The predicted molar refractivity (Wildman–Crippen MR) is 133 cm³/mol. The fourth-order valence-electron chi connectivity index (χ4n) is 3.88. The van der Waals surface area contributed by atoms with E-state index >= 15 is 0 Å². The molecule has 4 aromatic rings. The quantitative estimate of drug-likeness (QED) is 0.359. The second-order valence-electron chi connectivity index (χ2n) is 9.25. The summed E-state index contributed by atoms with van der Waals surface area (Å²) in [6.07, 6.45) is 0. The van der Waals surface area contributed by atoms with Gasteiger partial charge in [0, 0.05) is 39.6 Å². The number of carbonyl (C=O) groups is 1. The van der Waals surface area contributed by atoms with Gasteiger partial charge < -0.3 is 14.8 Å². The molecule has 1 N–H and O–H groups in total. The van der Waals surface area contributed by atoms with Crippen LogP contribution in [0.1, 0.15) is 36.8 Å². The topological polar surface area (TPSA) is 65.4 Å². The molecule has 34 heavy (non-hydrogen) atoms. The number of ether oxygens (including phenoxy) is 2. The summed E-state index contributed by atoms with van der Waals surface area (Å²) in [5, 5.41) is 11.4. The molecule has 0 saturated carbocycles. The van der Waals surface area contributed by atoms with E-state index in [4.69, 9.17) is 14.6 Å². The van der Waals surface area contributed by atoms with Gasteiger partial charge in [0.2, 0.25) is 0 Å². The summed E-state index contributed by atoms with van der Waals surface area (Å²) in [5.74, 6) is 0.984. The number of hydrogen-bond acceptors (Lipinski definition) is 6. The van der Waals surface area contributed by atoms with Gasteiger partial charge in [0.05, 0.1) is 18.5 Å². The average Bonchev–Trinajstić information content (AvgIpc) is 3.55. The Balaban J connectivity index is 1.68. The van der Waals surface area contributed by atoms with Crippen molar-refractivity contribution in [1.82, 2.24) is 15.1 Å². The number of carbonyl (C=O) groups excluding carboxylic acids is 1. The summed E-state index contributed by atoms with van der Waals surface area (Å²) < 4.78 is 27.3. The van der Waals surface area contributed by atoms with Gasteiger partial charge >= 0.3 is 0 Å². The molecule has 0 aliphatic carbocycles. The number of fused-ring (bicyclic) bond motifs is 3. The highest BCUT2D eigenvalue weighted by Gasteiger charge is 2.32. The second kappa shape index (κ2) is 8.56. The molecule has 0 bridgehead atoms. The van der Waals surface area contributed by atoms with Crippen LogP contribution in [0.2, 0.25) is 0 Å². The van der Waals surface area contributed by atoms with Crippen molar-refractivity contribution in [2.24, 2.45) is 5.41 Å². The molecule has 0 radical (unpaired) electrons. The summed E-state index contributed by atoms with van der Waals surface area (Å²) in [5.41, 5.74) is 4.19. The van der Waals surface area contributed by atoms with E-state index in [0.717, 1.165) is 44.3 Å². The highest BCUT2D eigenvalue weighted by atomic mass is 32.1. The number of nitrogens with zero attached hydrogens (tertiary/aromatic N) is 2. The first-order valence-electron chi connectivity index (χ1n) is 10.8. The van der Waals surface area contributed by atoms with Crippen LogP contribution in [0.5, 0.6) is 11.5 Å². The van der Waals surface area contributed by atoms with Gasteiger partial charge in [-0.2, -0.15) is 20.8 Å². The summed E-state index contributed by atoms with van der Waals surface area (Å²) in [6, 6.07) is 8.88. The number of hydrogen-bond donors (Lipinski definition) is 1. The molecule has 1 aliphatic rings. The SMILES string of the molecule is COc1cc2c(cc1-c1ccc(F)s1)-c1c(c(C(=O)NCC(C)(C)C)nn1-c1ccsc1)CO2.